The van der Waals surface area contributed by atoms with Crippen LogP contribution < -0.4 is 15.5 Å². The van der Waals surface area contributed by atoms with E-state index in [-0.39, 0.29) is 5.91 Å². The number of benzene rings is 1. The van der Waals surface area contributed by atoms with E-state index in [4.69, 9.17) is 4.74 Å². The second-order valence-corrected chi connectivity index (χ2v) is 8.66. The molecule has 1 aliphatic rings. The molecule has 7 nitrogen and oxygen atoms in total. The number of carbonyl (C=O) groups excluding carboxylic acids is 2. The molecule has 0 unspecified atom stereocenters. The Hall–Kier alpha value is -2.93. The first-order valence-electron chi connectivity index (χ1n) is 10.2. The zero-order valence-electron chi connectivity index (χ0n) is 18.3. The fourth-order valence-electron chi connectivity index (χ4n) is 3.43. The molecule has 1 saturated heterocycles. The largest absolute Gasteiger partial charge is 0.456 e. The molecule has 2 N–H and O–H groups in total. The number of nitrogens with zero attached hydrogens (tertiary/aromatic N) is 2. The molecule has 3 rings (SSSR count). The summed E-state index contributed by atoms with van der Waals surface area (Å²) in [5.41, 5.74) is 2.80. The number of pyridine rings is 1. The van der Waals surface area contributed by atoms with Crippen molar-refractivity contribution in [1.82, 2.24) is 10.3 Å². The molecule has 30 heavy (non-hydrogen) atoms. The van der Waals surface area contributed by atoms with Gasteiger partial charge in [0.1, 0.15) is 5.60 Å². The van der Waals surface area contributed by atoms with Gasteiger partial charge < -0.3 is 20.3 Å². The molecule has 1 aliphatic heterocycles. The van der Waals surface area contributed by atoms with Crippen molar-refractivity contribution in [2.45, 2.75) is 40.2 Å². The Morgan fingerprint density at radius 2 is 1.67 bits per heavy atom. The summed E-state index contributed by atoms with van der Waals surface area (Å²) in [5, 5.41) is 6.27. The first-order valence-corrected chi connectivity index (χ1v) is 10.2. The lowest BCUT2D eigenvalue weighted by molar-refractivity contribution is 0.00690. The number of ether oxygens (including phenoxy) is 1. The van der Waals surface area contributed by atoms with Crippen LogP contribution in [0.25, 0.3) is 0 Å². The Kier molecular flexibility index (Phi) is 6.41. The van der Waals surface area contributed by atoms with E-state index in [9.17, 15) is 9.59 Å². The molecule has 0 aliphatic carbocycles. The van der Waals surface area contributed by atoms with Gasteiger partial charge >= 0.3 is 5.97 Å². The maximum absolute atomic E-state index is 13.0. The molecule has 2 heterocycles. The maximum atomic E-state index is 13.0. The minimum Gasteiger partial charge on any atom is -0.456 e. The van der Waals surface area contributed by atoms with Crippen LogP contribution >= 0.6 is 0 Å². The number of amides is 1. The highest BCUT2D eigenvalue weighted by atomic mass is 16.6. The third-order valence-electron chi connectivity index (χ3n) is 4.65. The van der Waals surface area contributed by atoms with Crippen LogP contribution in [-0.2, 0) is 4.74 Å². The van der Waals surface area contributed by atoms with Crippen molar-refractivity contribution in [2.24, 2.45) is 0 Å². The fraction of sp³-hybridized carbons (Fsp3) is 0.435. The standard InChI is InChI=1S/C23H30N4O3/c1-15-10-16(2)12-17(11-15)21(28)26-19-13-18(22(29)30-23(3,4)5)14-25-20(19)27-8-6-24-7-9-27/h10-14,24H,6-9H2,1-5H3,(H,26,28). The van der Waals surface area contributed by atoms with E-state index >= 15 is 0 Å². The molecule has 0 saturated carbocycles. The van der Waals surface area contributed by atoms with E-state index in [1.54, 1.807) is 6.07 Å². The van der Waals surface area contributed by atoms with Gasteiger partial charge in [0, 0.05) is 37.9 Å². The van der Waals surface area contributed by atoms with E-state index in [0.29, 0.717) is 22.6 Å². The SMILES string of the molecule is Cc1cc(C)cc(C(=O)Nc2cc(C(=O)OC(C)(C)C)cnc2N2CCNCC2)c1. The summed E-state index contributed by atoms with van der Waals surface area (Å²) in [5.74, 6) is -0.0494. The first kappa shape index (κ1) is 21.8. The summed E-state index contributed by atoms with van der Waals surface area (Å²) >= 11 is 0. The lowest BCUT2D eigenvalue weighted by Gasteiger charge is -2.30. The number of piperazine rings is 1. The zero-order chi connectivity index (χ0) is 21.9. The van der Waals surface area contributed by atoms with Gasteiger partial charge in [-0.1, -0.05) is 17.2 Å². The van der Waals surface area contributed by atoms with Crippen molar-refractivity contribution in [3.05, 3.63) is 52.7 Å². The third-order valence-corrected chi connectivity index (χ3v) is 4.65. The lowest BCUT2D eigenvalue weighted by Crippen LogP contribution is -2.44. The van der Waals surface area contributed by atoms with Gasteiger partial charge in [0.25, 0.3) is 5.91 Å². The van der Waals surface area contributed by atoms with Gasteiger partial charge in [0.05, 0.1) is 11.3 Å². The van der Waals surface area contributed by atoms with Crippen molar-refractivity contribution in [1.29, 1.82) is 0 Å². The predicted octanol–water partition coefficient (Wildman–Crippen LogP) is 3.32. The molecule has 0 radical (unpaired) electrons. The van der Waals surface area contributed by atoms with Crippen LogP contribution in [0.5, 0.6) is 0 Å². The van der Waals surface area contributed by atoms with E-state index in [1.807, 2.05) is 52.8 Å². The van der Waals surface area contributed by atoms with Crippen molar-refractivity contribution in [2.75, 3.05) is 36.4 Å². The molecule has 1 amide bonds. The van der Waals surface area contributed by atoms with Crippen molar-refractivity contribution < 1.29 is 14.3 Å². The van der Waals surface area contributed by atoms with Crippen molar-refractivity contribution >= 4 is 23.4 Å². The number of nitrogens with one attached hydrogen (secondary N) is 2. The number of aromatic nitrogens is 1. The van der Waals surface area contributed by atoms with Gasteiger partial charge in [0.15, 0.2) is 5.82 Å². The number of esters is 1. The van der Waals surface area contributed by atoms with Crippen LogP contribution in [0.15, 0.2) is 30.5 Å². The molecule has 160 valence electrons. The minimum absolute atomic E-state index is 0.235. The Morgan fingerprint density at radius 3 is 2.27 bits per heavy atom. The molecular weight excluding hydrogens is 380 g/mol. The molecule has 1 aromatic heterocycles. The lowest BCUT2D eigenvalue weighted by atomic mass is 10.1. The fourth-order valence-corrected chi connectivity index (χ4v) is 3.43. The van der Waals surface area contributed by atoms with Gasteiger partial charge in [-0.05, 0) is 52.8 Å². The highest BCUT2D eigenvalue weighted by Crippen LogP contribution is 2.27. The quantitative estimate of drug-likeness (QED) is 0.753. The maximum Gasteiger partial charge on any atom is 0.340 e. The van der Waals surface area contributed by atoms with Gasteiger partial charge in [-0.25, -0.2) is 9.78 Å². The van der Waals surface area contributed by atoms with Crippen LogP contribution in [0.3, 0.4) is 0 Å². The summed E-state index contributed by atoms with van der Waals surface area (Å²) < 4.78 is 5.47. The molecular formula is C23H30N4O3. The summed E-state index contributed by atoms with van der Waals surface area (Å²) in [6, 6.07) is 7.36. The van der Waals surface area contributed by atoms with Crippen LogP contribution in [0, 0.1) is 13.8 Å². The highest BCUT2D eigenvalue weighted by molar-refractivity contribution is 6.06. The van der Waals surface area contributed by atoms with Crippen LogP contribution in [0.4, 0.5) is 11.5 Å². The third kappa shape index (κ3) is 5.57. The number of aryl methyl sites for hydroxylation is 2. The Morgan fingerprint density at radius 1 is 1.03 bits per heavy atom. The molecule has 7 heteroatoms. The van der Waals surface area contributed by atoms with E-state index in [1.165, 1.54) is 6.20 Å². The molecule has 0 atom stereocenters. The number of rotatable bonds is 4. The smallest absolute Gasteiger partial charge is 0.340 e. The van der Waals surface area contributed by atoms with Crippen molar-refractivity contribution in [3.63, 3.8) is 0 Å². The first-order chi connectivity index (χ1) is 14.1. The summed E-state index contributed by atoms with van der Waals surface area (Å²) in [7, 11) is 0. The van der Waals surface area contributed by atoms with Gasteiger partial charge in [-0.2, -0.15) is 0 Å². The van der Waals surface area contributed by atoms with Crippen LogP contribution in [0.2, 0.25) is 0 Å². The Labute approximate surface area is 177 Å². The molecule has 1 aromatic carbocycles. The summed E-state index contributed by atoms with van der Waals surface area (Å²) in [6.45, 7) is 12.6. The second-order valence-electron chi connectivity index (χ2n) is 8.66. The van der Waals surface area contributed by atoms with E-state index < -0.39 is 11.6 Å². The van der Waals surface area contributed by atoms with Crippen molar-refractivity contribution in [3.8, 4) is 0 Å². The summed E-state index contributed by atoms with van der Waals surface area (Å²) in [4.78, 5) is 32.1. The highest BCUT2D eigenvalue weighted by Gasteiger charge is 2.23. The molecule has 2 aromatic rings. The number of anilines is 2. The zero-order valence-corrected chi connectivity index (χ0v) is 18.3. The van der Waals surface area contributed by atoms with Crippen LogP contribution in [0.1, 0.15) is 52.6 Å². The topological polar surface area (TPSA) is 83.6 Å². The molecule has 0 bridgehead atoms. The minimum atomic E-state index is -0.614. The van der Waals surface area contributed by atoms with Gasteiger partial charge in [-0.15, -0.1) is 0 Å². The van der Waals surface area contributed by atoms with E-state index in [0.717, 1.165) is 37.3 Å². The average molecular weight is 411 g/mol. The van der Waals surface area contributed by atoms with Gasteiger partial charge in [-0.3, -0.25) is 4.79 Å². The number of carbonyl (C=O) groups is 2. The molecule has 0 spiro atoms. The van der Waals surface area contributed by atoms with E-state index in [2.05, 4.69) is 20.5 Å². The second kappa shape index (κ2) is 8.83. The average Bonchev–Trinajstić information content (AvgIpc) is 2.66. The molecule has 1 fully saturated rings. The Balaban J connectivity index is 1.94. The number of hydrogen-bond donors (Lipinski definition) is 2. The normalized spacial score (nSPS) is 14.4. The van der Waals surface area contributed by atoms with Gasteiger partial charge in [0.2, 0.25) is 0 Å². The number of hydrogen-bond acceptors (Lipinski definition) is 6. The predicted molar refractivity (Wildman–Crippen MR) is 118 cm³/mol. The monoisotopic (exact) mass is 410 g/mol. The Bertz CT molecular complexity index is 924. The summed E-state index contributed by atoms with van der Waals surface area (Å²) in [6.07, 6.45) is 1.51. The van der Waals surface area contributed by atoms with Crippen LogP contribution in [-0.4, -0.2) is 48.6 Å².